The van der Waals surface area contributed by atoms with E-state index in [-0.39, 0.29) is 0 Å². The molecule has 0 atom stereocenters. The van der Waals surface area contributed by atoms with Gasteiger partial charge in [0, 0.05) is 0 Å². The molecule has 0 unspecified atom stereocenters. The maximum atomic E-state index is 9.21. The van der Waals surface area contributed by atoms with Gasteiger partial charge >= 0.3 is 0 Å². The molecule has 0 N–H and O–H groups in total. The first-order valence-electron chi connectivity index (χ1n) is 3.40. The maximum Gasteiger partial charge on any atom is 0.253 e. The van der Waals surface area contributed by atoms with Crippen molar-refractivity contribution >= 4 is 17.0 Å². The standard InChI is InChI=1S/C7H8.CHNO3S/c1-7-5-3-2-4-6-7;3-1-2-6(4)5/h2-6H,1H3;6H. The van der Waals surface area contributed by atoms with Gasteiger partial charge in [-0.25, -0.2) is 13.2 Å². The topological polar surface area (TPSA) is 63.6 Å². The summed E-state index contributed by atoms with van der Waals surface area (Å²) in [5.74, 6) is 0. The zero-order chi connectivity index (χ0) is 10.1. The highest BCUT2D eigenvalue weighted by molar-refractivity contribution is 7.71. The van der Waals surface area contributed by atoms with Crippen LogP contribution in [0, 0.1) is 6.92 Å². The van der Waals surface area contributed by atoms with E-state index in [2.05, 4.69) is 23.5 Å². The molecule has 13 heavy (non-hydrogen) atoms. The van der Waals surface area contributed by atoms with E-state index in [0.717, 1.165) is 6.08 Å². The number of aryl methyl sites for hydroxylation is 1. The third-order valence-electron chi connectivity index (χ3n) is 1.06. The van der Waals surface area contributed by atoms with E-state index in [4.69, 9.17) is 4.79 Å². The van der Waals surface area contributed by atoms with Gasteiger partial charge in [0.25, 0.3) is 17.0 Å². The zero-order valence-electron chi connectivity index (χ0n) is 7.01. The summed E-state index contributed by atoms with van der Waals surface area (Å²) >= 11 is 0. The number of isocyanates is 1. The summed E-state index contributed by atoms with van der Waals surface area (Å²) in [6.45, 7) is 2.08. The molecule has 0 spiro atoms. The van der Waals surface area contributed by atoms with E-state index in [1.807, 2.05) is 18.2 Å². The Morgan fingerprint density at radius 3 is 1.92 bits per heavy atom. The minimum Gasteiger partial charge on any atom is -0.210 e. The summed E-state index contributed by atoms with van der Waals surface area (Å²) in [5, 5.41) is 0. The van der Waals surface area contributed by atoms with Gasteiger partial charge in [-0.15, -0.1) is 0 Å². The van der Waals surface area contributed by atoms with Crippen LogP contribution in [0.4, 0.5) is 0 Å². The van der Waals surface area contributed by atoms with E-state index < -0.39 is 10.9 Å². The second-order valence-corrected chi connectivity index (χ2v) is 2.76. The Morgan fingerprint density at radius 2 is 1.77 bits per heavy atom. The number of carbonyl (C=O) groups excluding carboxylic acids is 1. The van der Waals surface area contributed by atoms with Crippen molar-refractivity contribution in [2.24, 2.45) is 4.40 Å². The lowest BCUT2D eigenvalue weighted by Gasteiger charge is -1.82. The Bertz CT molecular complexity index is 345. The number of thiol groups is 1. The van der Waals surface area contributed by atoms with Gasteiger partial charge in [0.1, 0.15) is 0 Å². The van der Waals surface area contributed by atoms with Gasteiger partial charge in [0.2, 0.25) is 0 Å². The average Bonchev–Trinajstić information content (AvgIpc) is 2.06. The van der Waals surface area contributed by atoms with Gasteiger partial charge in [-0.1, -0.05) is 40.3 Å². The highest BCUT2D eigenvalue weighted by atomic mass is 32.2. The molecule has 1 aromatic rings. The molecular formula is C8H9NO3S. The van der Waals surface area contributed by atoms with Gasteiger partial charge in [0.15, 0.2) is 0 Å². The predicted molar refractivity (Wildman–Crippen MR) is 49.6 cm³/mol. The van der Waals surface area contributed by atoms with E-state index in [0.29, 0.717) is 0 Å². The normalized spacial score (nSPS) is 8.15. The summed E-state index contributed by atoms with van der Waals surface area (Å²) in [5.41, 5.74) is 1.32. The van der Waals surface area contributed by atoms with Crippen molar-refractivity contribution in [2.45, 2.75) is 6.92 Å². The lowest BCUT2D eigenvalue weighted by atomic mass is 10.2. The van der Waals surface area contributed by atoms with Gasteiger partial charge in [-0.05, 0) is 6.92 Å². The van der Waals surface area contributed by atoms with Crippen molar-refractivity contribution in [3.63, 3.8) is 0 Å². The van der Waals surface area contributed by atoms with Crippen molar-refractivity contribution in [2.75, 3.05) is 0 Å². The summed E-state index contributed by atoms with van der Waals surface area (Å²) in [7, 11) is -2.90. The van der Waals surface area contributed by atoms with E-state index in [1.54, 1.807) is 0 Å². The summed E-state index contributed by atoms with van der Waals surface area (Å²) in [4.78, 5) is 8.94. The molecule has 0 aliphatic carbocycles. The van der Waals surface area contributed by atoms with E-state index in [1.165, 1.54) is 5.56 Å². The minimum atomic E-state index is -2.90. The molecule has 0 amide bonds. The van der Waals surface area contributed by atoms with Crippen LogP contribution >= 0.6 is 0 Å². The monoisotopic (exact) mass is 199 g/mol. The first-order chi connectivity index (χ1) is 6.16. The van der Waals surface area contributed by atoms with Crippen molar-refractivity contribution < 1.29 is 13.2 Å². The molecule has 0 saturated heterocycles. The van der Waals surface area contributed by atoms with Gasteiger partial charge in [-0.2, -0.15) is 0 Å². The molecule has 1 aromatic carbocycles. The second-order valence-electron chi connectivity index (χ2n) is 2.08. The lowest BCUT2D eigenvalue weighted by Crippen LogP contribution is -1.62. The molecule has 0 fully saturated rings. The van der Waals surface area contributed by atoms with Crippen LogP contribution in [-0.4, -0.2) is 14.5 Å². The number of hydrogen-bond acceptors (Lipinski definition) is 3. The van der Waals surface area contributed by atoms with Crippen molar-refractivity contribution in [1.82, 2.24) is 0 Å². The first-order valence-corrected chi connectivity index (χ1v) is 4.53. The van der Waals surface area contributed by atoms with Crippen LogP contribution in [0.3, 0.4) is 0 Å². The third kappa shape index (κ3) is 8.46. The Kier molecular flexibility index (Phi) is 6.41. The fourth-order valence-electron chi connectivity index (χ4n) is 0.568. The van der Waals surface area contributed by atoms with Crippen molar-refractivity contribution in [3.05, 3.63) is 35.9 Å². The fraction of sp³-hybridized carbons (Fsp3) is 0.125. The molecule has 0 bridgehead atoms. The highest BCUT2D eigenvalue weighted by Gasteiger charge is 1.72. The maximum absolute atomic E-state index is 9.21. The quantitative estimate of drug-likeness (QED) is 0.414. The number of rotatable bonds is 1. The Balaban J connectivity index is 0.000000226. The molecule has 0 aliphatic rings. The molecule has 1 rings (SSSR count). The lowest BCUT2D eigenvalue weighted by molar-refractivity contribution is 0.565. The smallest absolute Gasteiger partial charge is 0.210 e. The predicted octanol–water partition coefficient (Wildman–Crippen LogP) is 0.844. The van der Waals surface area contributed by atoms with E-state index >= 15 is 0 Å². The Labute approximate surface area is 78.0 Å². The van der Waals surface area contributed by atoms with Crippen LogP contribution in [0.5, 0.6) is 0 Å². The molecule has 0 radical (unpaired) electrons. The van der Waals surface area contributed by atoms with Gasteiger partial charge in [-0.3, -0.25) is 0 Å². The SMILES string of the molecule is Cc1ccccc1.O=C=N[SH](=O)=O. The average molecular weight is 199 g/mol. The summed E-state index contributed by atoms with van der Waals surface area (Å²) in [6, 6.07) is 10.3. The van der Waals surface area contributed by atoms with E-state index in [9.17, 15) is 8.42 Å². The first kappa shape index (κ1) is 11.6. The molecule has 0 heterocycles. The molecule has 0 saturated carbocycles. The van der Waals surface area contributed by atoms with Crippen LogP contribution < -0.4 is 0 Å². The van der Waals surface area contributed by atoms with Gasteiger partial charge < -0.3 is 0 Å². The second kappa shape index (κ2) is 7.21. The summed E-state index contributed by atoms with van der Waals surface area (Å²) in [6.07, 6.45) is 0.846. The van der Waals surface area contributed by atoms with Gasteiger partial charge in [0.05, 0.1) is 0 Å². The van der Waals surface area contributed by atoms with Crippen LogP contribution in [0.15, 0.2) is 34.7 Å². The molecular weight excluding hydrogens is 190 g/mol. The highest BCUT2D eigenvalue weighted by Crippen LogP contribution is 1.92. The number of benzene rings is 1. The minimum absolute atomic E-state index is 0.846. The molecule has 4 nitrogen and oxygen atoms in total. The Hall–Kier alpha value is -1.45. The largest absolute Gasteiger partial charge is 0.253 e. The molecule has 70 valence electrons. The van der Waals surface area contributed by atoms with Crippen LogP contribution in [0.1, 0.15) is 5.56 Å². The summed E-state index contributed by atoms with van der Waals surface area (Å²) < 4.78 is 20.7. The van der Waals surface area contributed by atoms with Crippen molar-refractivity contribution in [3.8, 4) is 0 Å². The molecule has 0 aromatic heterocycles. The van der Waals surface area contributed by atoms with Crippen LogP contribution in [-0.2, 0) is 15.7 Å². The zero-order valence-corrected chi connectivity index (χ0v) is 7.90. The fourth-order valence-corrected chi connectivity index (χ4v) is 0.634. The number of nitrogens with zero attached hydrogens (tertiary/aromatic N) is 1. The third-order valence-corrected chi connectivity index (χ3v) is 1.31. The van der Waals surface area contributed by atoms with Crippen molar-refractivity contribution in [1.29, 1.82) is 0 Å². The Morgan fingerprint density at radius 1 is 1.23 bits per heavy atom. The van der Waals surface area contributed by atoms with Crippen LogP contribution in [0.25, 0.3) is 0 Å². The number of hydrogen-bond donors (Lipinski definition) is 1. The van der Waals surface area contributed by atoms with Crippen LogP contribution in [0.2, 0.25) is 0 Å². The molecule has 5 heteroatoms. The molecule has 0 aliphatic heterocycles.